The van der Waals surface area contributed by atoms with E-state index in [1.54, 1.807) is 0 Å². The number of aldehydes is 1. The summed E-state index contributed by atoms with van der Waals surface area (Å²) in [5, 5.41) is 0. The van der Waals surface area contributed by atoms with E-state index in [9.17, 15) is 4.79 Å². The quantitative estimate of drug-likeness (QED) is 0.501. The van der Waals surface area contributed by atoms with E-state index in [4.69, 9.17) is 0 Å². The zero-order valence-electron chi connectivity index (χ0n) is 10.2. The molecule has 1 nitrogen and oxygen atoms in total. The first kappa shape index (κ1) is 12.2. The van der Waals surface area contributed by atoms with Gasteiger partial charge in [0, 0.05) is 5.41 Å². The number of hydrogen-bond acceptors (Lipinski definition) is 1. The summed E-state index contributed by atoms with van der Waals surface area (Å²) in [5.74, 6) is 0. The van der Waals surface area contributed by atoms with Crippen LogP contribution in [-0.2, 0) is 4.79 Å². The molecule has 0 radical (unpaired) electrons. The molecule has 0 heterocycles. The third kappa shape index (κ3) is 4.03. The topological polar surface area (TPSA) is 17.1 Å². The van der Waals surface area contributed by atoms with Gasteiger partial charge in [-0.05, 0) is 46.0 Å². The van der Waals surface area contributed by atoms with Crippen molar-refractivity contribution in [2.45, 2.75) is 52.9 Å². The first-order valence-electron chi connectivity index (χ1n) is 5.83. The Hall–Kier alpha value is -0.850. The first-order valence-corrected chi connectivity index (χ1v) is 5.83. The molecule has 0 fully saturated rings. The van der Waals surface area contributed by atoms with Crippen LogP contribution < -0.4 is 0 Å². The van der Waals surface area contributed by atoms with E-state index in [-0.39, 0.29) is 5.41 Å². The number of carbonyl (C=O) groups excluding carboxylic acids is 1. The molecule has 1 heteroatoms. The summed E-state index contributed by atoms with van der Waals surface area (Å²) in [5.41, 5.74) is 2.76. The Bertz CT molecular complexity index is 282. The van der Waals surface area contributed by atoms with Crippen LogP contribution in [-0.4, -0.2) is 6.29 Å². The van der Waals surface area contributed by atoms with E-state index in [0.717, 1.165) is 38.4 Å². The van der Waals surface area contributed by atoms with Crippen LogP contribution in [0.25, 0.3) is 0 Å². The van der Waals surface area contributed by atoms with Crippen molar-refractivity contribution in [1.29, 1.82) is 0 Å². The lowest BCUT2D eigenvalue weighted by Crippen LogP contribution is -2.21. The lowest BCUT2D eigenvalue weighted by Gasteiger charge is -2.28. The van der Waals surface area contributed by atoms with Crippen molar-refractivity contribution in [2.24, 2.45) is 5.41 Å². The SMILES string of the molecule is CC(C)=CCCC1=CCC[C@](C)(C=O)C1. The van der Waals surface area contributed by atoms with Crippen LogP contribution in [0.15, 0.2) is 23.3 Å². The number of hydrogen-bond donors (Lipinski definition) is 0. The highest BCUT2D eigenvalue weighted by Gasteiger charge is 2.26. The Balaban J connectivity index is 2.47. The first-order chi connectivity index (χ1) is 7.06. The van der Waals surface area contributed by atoms with Crippen LogP contribution in [0.3, 0.4) is 0 Å². The Morgan fingerprint density at radius 2 is 2.27 bits per heavy atom. The van der Waals surface area contributed by atoms with E-state index >= 15 is 0 Å². The lowest BCUT2D eigenvalue weighted by molar-refractivity contribution is -0.115. The fourth-order valence-electron chi connectivity index (χ4n) is 2.12. The van der Waals surface area contributed by atoms with Crippen LogP contribution in [0.4, 0.5) is 0 Å². The Kier molecular flexibility index (Phi) is 4.31. The van der Waals surface area contributed by atoms with Crippen LogP contribution in [0, 0.1) is 5.41 Å². The molecule has 0 bridgehead atoms. The second-order valence-corrected chi connectivity index (χ2v) is 5.17. The minimum atomic E-state index is -0.0882. The molecule has 0 spiro atoms. The average molecular weight is 206 g/mol. The highest BCUT2D eigenvalue weighted by Crippen LogP contribution is 2.35. The van der Waals surface area contributed by atoms with Gasteiger partial charge in [-0.2, -0.15) is 0 Å². The molecule has 84 valence electrons. The number of allylic oxidation sites excluding steroid dienone is 4. The van der Waals surface area contributed by atoms with Gasteiger partial charge in [0.15, 0.2) is 0 Å². The van der Waals surface area contributed by atoms with Gasteiger partial charge >= 0.3 is 0 Å². The maximum Gasteiger partial charge on any atom is 0.126 e. The molecule has 0 unspecified atom stereocenters. The van der Waals surface area contributed by atoms with Gasteiger partial charge in [0.05, 0.1) is 0 Å². The third-order valence-corrected chi connectivity index (χ3v) is 3.08. The van der Waals surface area contributed by atoms with Crippen molar-refractivity contribution in [3.63, 3.8) is 0 Å². The van der Waals surface area contributed by atoms with Gasteiger partial charge in [0.1, 0.15) is 6.29 Å². The van der Waals surface area contributed by atoms with Gasteiger partial charge in [-0.25, -0.2) is 0 Å². The molecule has 1 atom stereocenters. The molecule has 1 aliphatic carbocycles. The number of rotatable bonds is 4. The molecule has 0 aromatic heterocycles. The average Bonchev–Trinajstić information content (AvgIpc) is 2.17. The minimum Gasteiger partial charge on any atom is -0.303 e. The summed E-state index contributed by atoms with van der Waals surface area (Å²) in [7, 11) is 0. The molecule has 0 saturated carbocycles. The van der Waals surface area contributed by atoms with Gasteiger partial charge in [-0.15, -0.1) is 0 Å². The fraction of sp³-hybridized carbons (Fsp3) is 0.643. The molecule has 0 aromatic rings. The van der Waals surface area contributed by atoms with Crippen LogP contribution >= 0.6 is 0 Å². The summed E-state index contributed by atoms with van der Waals surface area (Å²) < 4.78 is 0. The second-order valence-electron chi connectivity index (χ2n) is 5.17. The summed E-state index contributed by atoms with van der Waals surface area (Å²) in [6, 6.07) is 0. The summed E-state index contributed by atoms with van der Waals surface area (Å²) in [6.07, 6.45) is 11.0. The highest BCUT2D eigenvalue weighted by molar-refractivity contribution is 5.60. The van der Waals surface area contributed by atoms with Gasteiger partial charge in [-0.3, -0.25) is 0 Å². The summed E-state index contributed by atoms with van der Waals surface area (Å²) >= 11 is 0. The van der Waals surface area contributed by atoms with Crippen LogP contribution in [0.5, 0.6) is 0 Å². The summed E-state index contributed by atoms with van der Waals surface area (Å²) in [6.45, 7) is 6.34. The van der Waals surface area contributed by atoms with E-state index in [1.165, 1.54) is 11.1 Å². The predicted molar refractivity (Wildman–Crippen MR) is 64.8 cm³/mol. The van der Waals surface area contributed by atoms with Crippen LogP contribution in [0.1, 0.15) is 52.9 Å². The monoisotopic (exact) mass is 206 g/mol. The molecule has 0 saturated heterocycles. The van der Waals surface area contributed by atoms with Gasteiger partial charge in [0.25, 0.3) is 0 Å². The molecule has 0 amide bonds. The van der Waals surface area contributed by atoms with Gasteiger partial charge in [-0.1, -0.05) is 30.2 Å². The van der Waals surface area contributed by atoms with Crippen molar-refractivity contribution < 1.29 is 4.79 Å². The fourth-order valence-corrected chi connectivity index (χ4v) is 2.12. The molecule has 0 N–H and O–H groups in total. The molecule has 1 aliphatic rings. The zero-order chi connectivity index (χ0) is 11.3. The van der Waals surface area contributed by atoms with E-state index in [2.05, 4.69) is 32.9 Å². The van der Waals surface area contributed by atoms with Crippen molar-refractivity contribution in [3.05, 3.63) is 23.3 Å². The van der Waals surface area contributed by atoms with Crippen molar-refractivity contribution in [1.82, 2.24) is 0 Å². The molecule has 0 aliphatic heterocycles. The largest absolute Gasteiger partial charge is 0.303 e. The Labute approximate surface area is 93.3 Å². The maximum absolute atomic E-state index is 11.0. The van der Waals surface area contributed by atoms with Crippen molar-refractivity contribution in [2.75, 3.05) is 0 Å². The maximum atomic E-state index is 11.0. The summed E-state index contributed by atoms with van der Waals surface area (Å²) in [4.78, 5) is 11.0. The van der Waals surface area contributed by atoms with E-state index < -0.39 is 0 Å². The zero-order valence-corrected chi connectivity index (χ0v) is 10.2. The highest BCUT2D eigenvalue weighted by atomic mass is 16.1. The number of carbonyl (C=O) groups is 1. The van der Waals surface area contributed by atoms with Gasteiger partial charge in [0.2, 0.25) is 0 Å². The van der Waals surface area contributed by atoms with Crippen molar-refractivity contribution in [3.8, 4) is 0 Å². The van der Waals surface area contributed by atoms with E-state index in [1.807, 2.05) is 0 Å². The van der Waals surface area contributed by atoms with E-state index in [0.29, 0.717) is 0 Å². The van der Waals surface area contributed by atoms with Crippen molar-refractivity contribution >= 4 is 6.29 Å². The van der Waals surface area contributed by atoms with Crippen LogP contribution in [0.2, 0.25) is 0 Å². The molecule has 15 heavy (non-hydrogen) atoms. The molecular formula is C14H22O. The normalized spacial score (nSPS) is 25.7. The molecular weight excluding hydrogens is 184 g/mol. The smallest absolute Gasteiger partial charge is 0.126 e. The van der Waals surface area contributed by atoms with Gasteiger partial charge < -0.3 is 4.79 Å². The Morgan fingerprint density at radius 3 is 2.87 bits per heavy atom. The Morgan fingerprint density at radius 1 is 1.53 bits per heavy atom. The minimum absolute atomic E-state index is 0.0882. The second kappa shape index (κ2) is 5.29. The predicted octanol–water partition coefficient (Wildman–Crippen LogP) is 4.05. The molecule has 1 rings (SSSR count). The lowest BCUT2D eigenvalue weighted by atomic mass is 9.76. The third-order valence-electron chi connectivity index (χ3n) is 3.08. The molecule has 0 aromatic carbocycles. The standard InChI is InChI=1S/C14H22O/c1-12(2)6-4-7-13-8-5-9-14(3,10-13)11-15/h6,8,11H,4-5,7,9-10H2,1-3H3/t14-/m0/s1.